The van der Waals surface area contributed by atoms with Gasteiger partial charge in [-0.15, -0.1) is 0 Å². The van der Waals surface area contributed by atoms with Crippen molar-refractivity contribution in [3.05, 3.63) is 0 Å². The summed E-state index contributed by atoms with van der Waals surface area (Å²) in [6.07, 6.45) is 16.8. The van der Waals surface area contributed by atoms with Crippen LogP contribution in [0.3, 0.4) is 0 Å². The number of rotatable bonds is 13. The lowest BCUT2D eigenvalue weighted by atomic mass is 9.76. The van der Waals surface area contributed by atoms with Crippen molar-refractivity contribution in [1.29, 1.82) is 0 Å². The van der Waals surface area contributed by atoms with Crippen LogP contribution < -0.4 is 0 Å². The van der Waals surface area contributed by atoms with Crippen LogP contribution in [0.5, 0.6) is 0 Å². The van der Waals surface area contributed by atoms with E-state index < -0.39 is 0 Å². The first kappa shape index (κ1) is 18.4. The summed E-state index contributed by atoms with van der Waals surface area (Å²) in [5, 5.41) is 0. The van der Waals surface area contributed by atoms with Gasteiger partial charge in [-0.3, -0.25) is 0 Å². The molecular weight excluding hydrogens is 236 g/mol. The number of hydrogen-bond donors (Lipinski definition) is 1. The van der Waals surface area contributed by atoms with Crippen LogP contribution in [0.4, 0.5) is 0 Å². The van der Waals surface area contributed by atoms with Crippen LogP contribution in [0.25, 0.3) is 0 Å². The average molecular weight is 273 g/mol. The van der Waals surface area contributed by atoms with E-state index in [0.717, 1.165) is 5.75 Å². The van der Waals surface area contributed by atoms with Gasteiger partial charge in [-0.25, -0.2) is 0 Å². The second-order valence-corrected chi connectivity index (χ2v) is 6.71. The Hall–Kier alpha value is 0.350. The first-order chi connectivity index (χ1) is 8.68. The second-order valence-electron chi connectivity index (χ2n) is 6.26. The molecule has 0 nitrogen and oxygen atoms in total. The molecule has 0 fully saturated rings. The van der Waals surface area contributed by atoms with E-state index in [1.807, 2.05) is 0 Å². The number of thiol groups is 1. The molecule has 18 heavy (non-hydrogen) atoms. The van der Waals surface area contributed by atoms with Crippen LogP contribution in [0.15, 0.2) is 0 Å². The van der Waals surface area contributed by atoms with Gasteiger partial charge in [0.25, 0.3) is 0 Å². The summed E-state index contributed by atoms with van der Waals surface area (Å²) in [6, 6.07) is 0. The van der Waals surface area contributed by atoms with Gasteiger partial charge >= 0.3 is 0 Å². The maximum atomic E-state index is 4.38. The molecule has 0 aromatic rings. The lowest BCUT2D eigenvalue weighted by Crippen LogP contribution is -2.17. The molecule has 1 heteroatoms. The fourth-order valence-corrected chi connectivity index (χ4v) is 3.00. The van der Waals surface area contributed by atoms with Crippen molar-refractivity contribution in [3.8, 4) is 0 Å². The van der Waals surface area contributed by atoms with Crippen LogP contribution in [0.2, 0.25) is 0 Å². The highest BCUT2D eigenvalue weighted by Gasteiger charge is 2.22. The van der Waals surface area contributed by atoms with Crippen molar-refractivity contribution in [2.45, 2.75) is 97.8 Å². The largest absolute Gasteiger partial charge is 0.179 e. The van der Waals surface area contributed by atoms with Gasteiger partial charge in [-0.2, -0.15) is 12.6 Å². The summed E-state index contributed by atoms with van der Waals surface area (Å²) < 4.78 is 0. The normalized spacial score (nSPS) is 12.0. The highest BCUT2D eigenvalue weighted by molar-refractivity contribution is 7.80. The molecule has 0 aromatic carbocycles. The second kappa shape index (κ2) is 12.4. The highest BCUT2D eigenvalue weighted by atomic mass is 32.1. The van der Waals surface area contributed by atoms with Crippen LogP contribution in [-0.2, 0) is 0 Å². The van der Waals surface area contributed by atoms with Crippen molar-refractivity contribution >= 4 is 12.6 Å². The predicted molar refractivity (Wildman–Crippen MR) is 88.7 cm³/mol. The number of unbranched alkanes of at least 4 members (excludes halogenated alkanes) is 6. The summed E-state index contributed by atoms with van der Waals surface area (Å²) in [5.41, 5.74) is 0.601. The van der Waals surface area contributed by atoms with E-state index >= 15 is 0 Å². The van der Waals surface area contributed by atoms with Gasteiger partial charge in [0.1, 0.15) is 0 Å². The Morgan fingerprint density at radius 2 is 1.11 bits per heavy atom. The van der Waals surface area contributed by atoms with Crippen molar-refractivity contribution in [2.75, 3.05) is 5.75 Å². The highest BCUT2D eigenvalue weighted by Crippen LogP contribution is 2.36. The van der Waals surface area contributed by atoms with E-state index in [1.165, 1.54) is 77.0 Å². The van der Waals surface area contributed by atoms with Gasteiger partial charge in [0.2, 0.25) is 0 Å². The Morgan fingerprint density at radius 3 is 1.50 bits per heavy atom. The van der Waals surface area contributed by atoms with E-state index in [1.54, 1.807) is 0 Å². The lowest BCUT2D eigenvalue weighted by Gasteiger charge is -2.30. The predicted octanol–water partition coefficient (Wildman–Crippen LogP) is 6.64. The molecule has 0 heterocycles. The molecule has 0 aromatic heterocycles. The summed E-state index contributed by atoms with van der Waals surface area (Å²) >= 11 is 4.38. The minimum absolute atomic E-state index is 0.601. The van der Waals surface area contributed by atoms with Crippen molar-refractivity contribution in [2.24, 2.45) is 5.41 Å². The molecule has 0 aliphatic heterocycles. The maximum absolute atomic E-state index is 4.38. The smallest absolute Gasteiger partial charge is 0.00977 e. The van der Waals surface area contributed by atoms with Gasteiger partial charge in [0.05, 0.1) is 0 Å². The van der Waals surface area contributed by atoms with Gasteiger partial charge in [-0.05, 0) is 36.9 Å². The number of hydrogen-bond acceptors (Lipinski definition) is 1. The molecule has 0 N–H and O–H groups in total. The zero-order valence-electron chi connectivity index (χ0n) is 13.1. The van der Waals surface area contributed by atoms with Crippen molar-refractivity contribution in [3.63, 3.8) is 0 Å². The van der Waals surface area contributed by atoms with E-state index in [4.69, 9.17) is 0 Å². The molecule has 0 aliphatic carbocycles. The molecule has 110 valence electrons. The summed E-state index contributed by atoms with van der Waals surface area (Å²) in [5.74, 6) is 1.06. The van der Waals surface area contributed by atoms with Gasteiger partial charge in [0, 0.05) is 0 Å². The minimum atomic E-state index is 0.601. The fourth-order valence-electron chi connectivity index (χ4n) is 2.84. The summed E-state index contributed by atoms with van der Waals surface area (Å²) in [6.45, 7) is 7.12. The molecule has 0 aliphatic rings. The third kappa shape index (κ3) is 10.3. The molecule has 0 amide bonds. The molecule has 0 unspecified atom stereocenters. The van der Waals surface area contributed by atoms with Crippen LogP contribution in [-0.4, -0.2) is 5.75 Å². The maximum Gasteiger partial charge on any atom is -0.00977 e. The van der Waals surface area contributed by atoms with Crippen LogP contribution >= 0.6 is 12.6 Å². The Bertz CT molecular complexity index is 153. The minimum Gasteiger partial charge on any atom is -0.179 e. The molecule has 0 atom stereocenters. The Morgan fingerprint density at radius 1 is 0.667 bits per heavy atom. The molecule has 0 radical (unpaired) electrons. The van der Waals surface area contributed by atoms with Crippen molar-refractivity contribution in [1.82, 2.24) is 0 Å². The summed E-state index contributed by atoms with van der Waals surface area (Å²) in [7, 11) is 0. The van der Waals surface area contributed by atoms with E-state index in [9.17, 15) is 0 Å². The monoisotopic (exact) mass is 272 g/mol. The Labute approximate surface area is 122 Å². The third-order valence-corrected chi connectivity index (χ3v) is 4.52. The zero-order valence-corrected chi connectivity index (χ0v) is 14.0. The van der Waals surface area contributed by atoms with Crippen molar-refractivity contribution < 1.29 is 0 Å². The lowest BCUT2D eigenvalue weighted by molar-refractivity contribution is 0.229. The first-order valence-electron chi connectivity index (χ1n) is 8.29. The van der Waals surface area contributed by atoms with Gasteiger partial charge < -0.3 is 0 Å². The third-order valence-electron chi connectivity index (χ3n) is 4.21. The molecule has 0 saturated carbocycles. The molecular formula is C17H36S. The van der Waals surface area contributed by atoms with Gasteiger partial charge in [-0.1, -0.05) is 72.1 Å². The van der Waals surface area contributed by atoms with E-state index in [-0.39, 0.29) is 0 Å². The Balaban J connectivity index is 3.90. The Kier molecular flexibility index (Phi) is 12.6. The quantitative estimate of drug-likeness (QED) is 0.282. The SMILES string of the molecule is CCCCCCC(C)(CCCS)CCCCCC. The van der Waals surface area contributed by atoms with E-state index in [2.05, 4.69) is 33.4 Å². The topological polar surface area (TPSA) is 0 Å². The molecule has 0 rings (SSSR count). The van der Waals surface area contributed by atoms with Gasteiger partial charge in [0.15, 0.2) is 0 Å². The van der Waals surface area contributed by atoms with Crippen LogP contribution in [0, 0.1) is 5.41 Å². The standard InChI is InChI=1S/C17H36S/c1-4-6-8-10-13-17(3,15-12-16-18)14-11-9-7-5-2/h18H,4-16H2,1-3H3. The molecule has 0 saturated heterocycles. The first-order valence-corrected chi connectivity index (χ1v) is 8.92. The zero-order chi connectivity index (χ0) is 13.7. The fraction of sp³-hybridized carbons (Fsp3) is 1.00. The van der Waals surface area contributed by atoms with E-state index in [0.29, 0.717) is 5.41 Å². The molecule has 0 spiro atoms. The molecule has 0 bridgehead atoms. The van der Waals surface area contributed by atoms with Crippen LogP contribution in [0.1, 0.15) is 97.8 Å². The average Bonchev–Trinajstić information content (AvgIpc) is 2.38. The summed E-state index contributed by atoms with van der Waals surface area (Å²) in [4.78, 5) is 0.